The number of nitrogens with zero attached hydrogens (tertiary/aromatic N) is 2. The fourth-order valence-corrected chi connectivity index (χ4v) is 2.23. The van der Waals surface area contributed by atoms with Gasteiger partial charge in [-0.25, -0.2) is 4.98 Å². The monoisotopic (exact) mass is 223 g/mol. The molecule has 0 atom stereocenters. The number of halogens is 1. The van der Waals surface area contributed by atoms with Crippen molar-refractivity contribution in [2.75, 3.05) is 13.1 Å². The minimum atomic E-state index is 0.612. The Morgan fingerprint density at radius 1 is 1.47 bits per heavy atom. The summed E-state index contributed by atoms with van der Waals surface area (Å²) in [5.74, 6) is 1.46. The number of pyridine rings is 1. The lowest BCUT2D eigenvalue weighted by Crippen LogP contribution is -2.33. The van der Waals surface area contributed by atoms with Gasteiger partial charge in [0.2, 0.25) is 0 Å². The molecule has 2 rings (SSSR count). The summed E-state index contributed by atoms with van der Waals surface area (Å²) in [4.78, 5) is 6.59. The summed E-state index contributed by atoms with van der Waals surface area (Å²) in [6, 6.07) is 2.00. The van der Waals surface area contributed by atoms with E-state index in [0.29, 0.717) is 5.15 Å². The average Bonchev–Trinajstić information content (AvgIpc) is 2.17. The molecule has 1 radical (unpaired) electrons. The maximum Gasteiger partial charge on any atom is 0.129 e. The zero-order valence-corrected chi connectivity index (χ0v) is 10.0. The van der Waals surface area contributed by atoms with Crippen LogP contribution in [-0.4, -0.2) is 23.0 Å². The maximum atomic E-state index is 5.87. The van der Waals surface area contributed by atoms with E-state index < -0.39 is 0 Å². The molecule has 0 amide bonds. The van der Waals surface area contributed by atoms with Gasteiger partial charge in [0.1, 0.15) is 5.15 Å². The smallest absolute Gasteiger partial charge is 0.129 e. The van der Waals surface area contributed by atoms with E-state index >= 15 is 0 Å². The van der Waals surface area contributed by atoms with E-state index in [1.165, 1.54) is 17.0 Å². The molecule has 15 heavy (non-hydrogen) atoms. The van der Waals surface area contributed by atoms with Crippen molar-refractivity contribution in [3.05, 3.63) is 34.5 Å². The number of aromatic nitrogens is 1. The van der Waals surface area contributed by atoms with Crippen LogP contribution in [0.2, 0.25) is 5.15 Å². The Kier molecular flexibility index (Phi) is 3.27. The normalized spacial score (nSPS) is 16.8. The molecular weight excluding hydrogens is 208 g/mol. The molecule has 2 heterocycles. The molecule has 1 aliphatic heterocycles. The van der Waals surface area contributed by atoms with Crippen molar-refractivity contribution >= 4 is 11.6 Å². The van der Waals surface area contributed by atoms with Gasteiger partial charge in [0.25, 0.3) is 0 Å². The second-order valence-corrected chi connectivity index (χ2v) is 4.83. The van der Waals surface area contributed by atoms with Crippen molar-refractivity contribution in [2.24, 2.45) is 0 Å². The van der Waals surface area contributed by atoms with Crippen LogP contribution >= 0.6 is 11.6 Å². The third kappa shape index (κ3) is 2.70. The van der Waals surface area contributed by atoms with Crippen LogP contribution in [0, 0.1) is 5.92 Å². The van der Waals surface area contributed by atoms with Crippen molar-refractivity contribution in [1.29, 1.82) is 0 Å². The first kappa shape index (κ1) is 10.9. The molecule has 3 heteroatoms. The Bertz CT molecular complexity index is 349. The van der Waals surface area contributed by atoms with E-state index in [2.05, 4.69) is 23.7 Å². The minimum absolute atomic E-state index is 0.612. The predicted octanol–water partition coefficient (Wildman–Crippen LogP) is 2.71. The van der Waals surface area contributed by atoms with Crippen LogP contribution in [0.1, 0.15) is 25.0 Å². The Labute approximate surface area is 96.3 Å². The molecule has 0 saturated carbocycles. The molecule has 1 aromatic heterocycles. The molecule has 1 aromatic rings. The fourth-order valence-electron chi connectivity index (χ4n) is 2.05. The van der Waals surface area contributed by atoms with E-state index in [4.69, 9.17) is 11.6 Å². The minimum Gasteiger partial charge on any atom is -0.298 e. The first-order valence-electron chi connectivity index (χ1n) is 5.30. The van der Waals surface area contributed by atoms with E-state index in [-0.39, 0.29) is 0 Å². The van der Waals surface area contributed by atoms with Gasteiger partial charge in [-0.1, -0.05) is 25.4 Å². The van der Waals surface area contributed by atoms with Gasteiger partial charge in [-0.3, -0.25) is 4.90 Å². The maximum absolute atomic E-state index is 5.87. The van der Waals surface area contributed by atoms with Crippen molar-refractivity contribution < 1.29 is 0 Å². The van der Waals surface area contributed by atoms with Crippen molar-refractivity contribution in [2.45, 2.75) is 26.8 Å². The van der Waals surface area contributed by atoms with Gasteiger partial charge < -0.3 is 0 Å². The van der Waals surface area contributed by atoms with E-state index in [1.807, 2.05) is 12.3 Å². The standard InChI is InChI=1S/C12H16ClN2/c1-9(2)7-15-4-3-10-5-12(13)14-6-11(10)8-15/h5-6H,3-4,7-8H2,1-2H3. The summed E-state index contributed by atoms with van der Waals surface area (Å²) in [7, 11) is 0. The van der Waals surface area contributed by atoms with Gasteiger partial charge in [-0.15, -0.1) is 0 Å². The van der Waals surface area contributed by atoms with Gasteiger partial charge in [-0.05, 0) is 29.5 Å². The highest BCUT2D eigenvalue weighted by atomic mass is 35.5. The Balaban J connectivity index is 2.10. The summed E-state index contributed by atoms with van der Waals surface area (Å²) in [5, 5.41) is 0.612. The van der Waals surface area contributed by atoms with Crippen LogP contribution in [0.15, 0.2) is 12.3 Å². The molecule has 2 nitrogen and oxygen atoms in total. The van der Waals surface area contributed by atoms with Crippen molar-refractivity contribution in [1.82, 2.24) is 9.88 Å². The quantitative estimate of drug-likeness (QED) is 0.717. The molecular formula is C12H16ClN2. The van der Waals surface area contributed by atoms with Crippen LogP contribution in [0.25, 0.3) is 0 Å². The summed E-state index contributed by atoms with van der Waals surface area (Å²) in [6.45, 7) is 7.57. The molecule has 1 aliphatic rings. The van der Waals surface area contributed by atoms with Crippen LogP contribution in [0.5, 0.6) is 0 Å². The van der Waals surface area contributed by atoms with Crippen LogP contribution in [-0.2, 0) is 13.0 Å². The number of hydrogen-bond donors (Lipinski definition) is 0. The Morgan fingerprint density at radius 3 is 3.00 bits per heavy atom. The average molecular weight is 224 g/mol. The largest absolute Gasteiger partial charge is 0.298 e. The molecule has 0 N–H and O–H groups in total. The predicted molar refractivity (Wildman–Crippen MR) is 62.8 cm³/mol. The summed E-state index contributed by atoms with van der Waals surface area (Å²) in [6.07, 6.45) is 3.00. The molecule has 0 aliphatic carbocycles. The zero-order valence-electron chi connectivity index (χ0n) is 9.26. The second-order valence-electron chi connectivity index (χ2n) is 4.44. The number of hydrogen-bond acceptors (Lipinski definition) is 2. The van der Waals surface area contributed by atoms with Crippen LogP contribution in [0.3, 0.4) is 0 Å². The van der Waals surface area contributed by atoms with Gasteiger partial charge in [0.15, 0.2) is 0 Å². The molecule has 0 fully saturated rings. The highest BCUT2D eigenvalue weighted by Gasteiger charge is 2.17. The van der Waals surface area contributed by atoms with Gasteiger partial charge in [0, 0.05) is 25.8 Å². The lowest BCUT2D eigenvalue weighted by molar-refractivity contribution is 0.264. The molecule has 0 aromatic carbocycles. The molecule has 0 saturated heterocycles. The van der Waals surface area contributed by atoms with E-state index in [1.54, 1.807) is 0 Å². The summed E-state index contributed by atoms with van der Waals surface area (Å²) >= 11 is 5.87. The third-order valence-electron chi connectivity index (χ3n) is 2.68. The molecule has 81 valence electrons. The first-order chi connectivity index (χ1) is 7.15. The molecule has 0 unspecified atom stereocenters. The number of fused-ring (bicyclic) bond motifs is 1. The van der Waals surface area contributed by atoms with Crippen molar-refractivity contribution in [3.63, 3.8) is 0 Å². The van der Waals surface area contributed by atoms with Gasteiger partial charge in [0.05, 0.1) is 0 Å². The highest BCUT2D eigenvalue weighted by molar-refractivity contribution is 6.29. The van der Waals surface area contributed by atoms with E-state index in [0.717, 1.165) is 26.1 Å². The van der Waals surface area contributed by atoms with Crippen LogP contribution < -0.4 is 0 Å². The highest BCUT2D eigenvalue weighted by Crippen LogP contribution is 2.21. The summed E-state index contributed by atoms with van der Waals surface area (Å²) < 4.78 is 0. The first-order valence-corrected chi connectivity index (χ1v) is 5.67. The van der Waals surface area contributed by atoms with Gasteiger partial charge >= 0.3 is 0 Å². The third-order valence-corrected chi connectivity index (χ3v) is 2.89. The SMILES string of the molecule is C[C](C)CN1CCc2cc(Cl)ncc2C1. The molecule has 0 spiro atoms. The Morgan fingerprint density at radius 2 is 2.27 bits per heavy atom. The molecule has 0 bridgehead atoms. The van der Waals surface area contributed by atoms with Crippen molar-refractivity contribution in [3.8, 4) is 0 Å². The topological polar surface area (TPSA) is 16.1 Å². The second kappa shape index (κ2) is 4.50. The Hall–Kier alpha value is -0.600. The van der Waals surface area contributed by atoms with E-state index in [9.17, 15) is 0 Å². The lowest BCUT2D eigenvalue weighted by Gasteiger charge is -2.29. The van der Waals surface area contributed by atoms with Gasteiger partial charge in [-0.2, -0.15) is 0 Å². The number of rotatable bonds is 2. The zero-order chi connectivity index (χ0) is 10.8. The van der Waals surface area contributed by atoms with Crippen LogP contribution in [0.4, 0.5) is 0 Å². The lowest BCUT2D eigenvalue weighted by atomic mass is 10.0. The summed E-state index contributed by atoms with van der Waals surface area (Å²) in [5.41, 5.74) is 2.69. The fraction of sp³-hybridized carbons (Fsp3) is 0.500.